The fourth-order valence-electron chi connectivity index (χ4n) is 5.92. The number of amides is 1. The molecule has 33 heavy (non-hydrogen) atoms. The fraction of sp³-hybridized carbons (Fsp3) is 0.385. The lowest BCUT2D eigenvalue weighted by Gasteiger charge is -2.54. The van der Waals surface area contributed by atoms with Crippen molar-refractivity contribution in [3.05, 3.63) is 75.5 Å². The molecule has 1 amide bonds. The summed E-state index contributed by atoms with van der Waals surface area (Å²) < 4.78 is 0. The molecule has 0 saturated carbocycles. The van der Waals surface area contributed by atoms with Crippen LogP contribution in [0.3, 0.4) is 0 Å². The number of piperidine rings is 1. The Hall–Kier alpha value is -3.48. The molecule has 7 heteroatoms. The molecule has 7 nitrogen and oxygen atoms in total. The number of hydrogen-bond acceptors (Lipinski definition) is 4. The smallest absolute Gasteiger partial charge is 0.269 e. The number of nitrogens with zero attached hydrogens (tertiary/aromatic N) is 2. The van der Waals surface area contributed by atoms with E-state index in [0.29, 0.717) is 31.4 Å². The summed E-state index contributed by atoms with van der Waals surface area (Å²) in [5.41, 5.74) is 2.92. The van der Waals surface area contributed by atoms with Crippen molar-refractivity contribution in [2.24, 2.45) is 5.92 Å². The van der Waals surface area contributed by atoms with Gasteiger partial charge in [-0.05, 0) is 43.0 Å². The first kappa shape index (κ1) is 21.4. The number of hydrogen-bond donors (Lipinski definition) is 1. The molecule has 1 aromatic heterocycles. The van der Waals surface area contributed by atoms with Gasteiger partial charge in [0.05, 0.1) is 16.4 Å². The van der Waals surface area contributed by atoms with Crippen molar-refractivity contribution in [2.75, 3.05) is 6.54 Å². The summed E-state index contributed by atoms with van der Waals surface area (Å²) in [5.74, 6) is -0.358. The number of benzene rings is 2. The zero-order valence-corrected chi connectivity index (χ0v) is 18.7. The van der Waals surface area contributed by atoms with E-state index in [9.17, 15) is 19.7 Å². The van der Waals surface area contributed by atoms with Gasteiger partial charge >= 0.3 is 0 Å². The van der Waals surface area contributed by atoms with Crippen molar-refractivity contribution in [1.82, 2.24) is 9.88 Å². The fourth-order valence-corrected chi connectivity index (χ4v) is 5.92. The molecule has 0 spiro atoms. The predicted molar refractivity (Wildman–Crippen MR) is 125 cm³/mol. The second-order valence-corrected chi connectivity index (χ2v) is 9.11. The molecular weight excluding hydrogens is 418 g/mol. The summed E-state index contributed by atoms with van der Waals surface area (Å²) in [6.45, 7) is 2.72. The lowest BCUT2D eigenvalue weighted by atomic mass is 9.65. The molecule has 170 valence electrons. The van der Waals surface area contributed by atoms with E-state index in [1.807, 2.05) is 23.1 Å². The Morgan fingerprint density at radius 1 is 1.18 bits per heavy atom. The van der Waals surface area contributed by atoms with Crippen molar-refractivity contribution in [3.63, 3.8) is 0 Å². The van der Waals surface area contributed by atoms with Crippen molar-refractivity contribution in [2.45, 2.75) is 51.0 Å². The number of rotatable bonds is 6. The Labute approximate surface area is 191 Å². The number of nitro groups is 1. The molecular formula is C26H27N3O4. The van der Waals surface area contributed by atoms with E-state index in [0.717, 1.165) is 35.9 Å². The molecule has 3 aromatic rings. The minimum Gasteiger partial charge on any atom is -0.356 e. The highest BCUT2D eigenvalue weighted by molar-refractivity contribution is 6.01. The average Bonchev–Trinajstić information content (AvgIpc) is 3.22. The zero-order chi connectivity index (χ0) is 23.2. The van der Waals surface area contributed by atoms with E-state index in [-0.39, 0.29) is 17.4 Å². The quantitative estimate of drug-likeness (QED) is 0.323. The molecule has 0 radical (unpaired) electrons. The highest BCUT2D eigenvalue weighted by Gasteiger charge is 2.56. The van der Waals surface area contributed by atoms with Crippen LogP contribution in [-0.4, -0.2) is 33.0 Å². The van der Waals surface area contributed by atoms with Crippen LogP contribution in [0.2, 0.25) is 0 Å². The minimum atomic E-state index is -0.725. The number of nitrogens with one attached hydrogen (secondary N) is 1. The maximum Gasteiger partial charge on any atom is 0.269 e. The first-order chi connectivity index (χ1) is 16.0. The van der Waals surface area contributed by atoms with Crippen LogP contribution in [0, 0.1) is 16.0 Å². The summed E-state index contributed by atoms with van der Waals surface area (Å²) in [7, 11) is 0. The maximum absolute atomic E-state index is 13.9. The summed E-state index contributed by atoms with van der Waals surface area (Å²) in [6, 6.07) is 14.0. The van der Waals surface area contributed by atoms with Crippen molar-refractivity contribution >= 4 is 28.3 Å². The Morgan fingerprint density at radius 3 is 2.67 bits per heavy atom. The lowest BCUT2D eigenvalue weighted by Crippen LogP contribution is -2.62. The van der Waals surface area contributed by atoms with Gasteiger partial charge in [0.2, 0.25) is 5.91 Å². The van der Waals surface area contributed by atoms with Crippen LogP contribution in [0.4, 0.5) is 5.69 Å². The Balaban J connectivity index is 1.67. The number of nitro benzene ring substituents is 1. The van der Waals surface area contributed by atoms with Crippen LogP contribution >= 0.6 is 0 Å². The van der Waals surface area contributed by atoms with Gasteiger partial charge in [0.15, 0.2) is 5.78 Å². The first-order valence-electron chi connectivity index (χ1n) is 11.7. The number of aromatic amines is 1. The van der Waals surface area contributed by atoms with Crippen LogP contribution in [0.5, 0.6) is 0 Å². The van der Waals surface area contributed by atoms with Crippen molar-refractivity contribution in [1.29, 1.82) is 0 Å². The number of ketones is 1. The number of para-hydroxylation sites is 1. The molecule has 0 unspecified atom stereocenters. The standard InChI is InChI=1S/C26H27N3O4/c1-2-3-15-26-21(24(31)17-8-10-18(11-9-17)29(32)33)12-13-23(30)28(26)16-14-20-19-6-4-5-7-22(19)27-25(20)26/h4-11,21,27H,2-3,12-16H2,1H3/t21-,26-/m0/s1. The minimum absolute atomic E-state index is 0.0386. The number of fused-ring (bicyclic) bond motifs is 5. The molecule has 1 N–H and O–H groups in total. The summed E-state index contributed by atoms with van der Waals surface area (Å²) >= 11 is 0. The molecule has 3 heterocycles. The van der Waals surface area contributed by atoms with Gasteiger partial charge in [-0.15, -0.1) is 0 Å². The third kappa shape index (κ3) is 3.25. The molecule has 1 saturated heterocycles. The SMILES string of the molecule is CCCC[C@]12c3[nH]c4ccccc4c3CCN1C(=O)CC[C@H]2C(=O)c1ccc([N+](=O)[O-])cc1. The van der Waals surface area contributed by atoms with Gasteiger partial charge < -0.3 is 9.88 Å². The monoisotopic (exact) mass is 445 g/mol. The number of carbonyl (C=O) groups excluding carboxylic acids is 2. The highest BCUT2D eigenvalue weighted by Crippen LogP contribution is 2.51. The maximum atomic E-state index is 13.9. The van der Waals surface area contributed by atoms with Crippen LogP contribution in [0.1, 0.15) is 60.6 Å². The van der Waals surface area contributed by atoms with Gasteiger partial charge in [0.25, 0.3) is 5.69 Å². The van der Waals surface area contributed by atoms with Gasteiger partial charge in [-0.2, -0.15) is 0 Å². The number of unbranched alkanes of at least 4 members (excludes halogenated alkanes) is 1. The number of carbonyl (C=O) groups is 2. The molecule has 2 aromatic carbocycles. The number of aromatic nitrogens is 1. The molecule has 2 aliphatic rings. The van der Waals surface area contributed by atoms with E-state index >= 15 is 0 Å². The molecule has 0 bridgehead atoms. The molecule has 2 aliphatic heterocycles. The summed E-state index contributed by atoms with van der Waals surface area (Å²) in [4.78, 5) is 43.3. The van der Waals surface area contributed by atoms with Crippen LogP contribution in [0.15, 0.2) is 48.5 Å². The average molecular weight is 446 g/mol. The molecule has 2 atom stereocenters. The van der Waals surface area contributed by atoms with Gasteiger partial charge in [0, 0.05) is 47.3 Å². The van der Waals surface area contributed by atoms with E-state index < -0.39 is 16.4 Å². The number of Topliss-reactive ketones (excluding diaryl/α,β-unsaturated/α-hetero) is 1. The van der Waals surface area contributed by atoms with Gasteiger partial charge in [0.1, 0.15) is 0 Å². The van der Waals surface area contributed by atoms with E-state index in [4.69, 9.17) is 0 Å². The normalized spacial score (nSPS) is 22.2. The second-order valence-electron chi connectivity index (χ2n) is 9.11. The molecule has 1 fully saturated rings. The van der Waals surface area contributed by atoms with Gasteiger partial charge in [-0.25, -0.2) is 0 Å². The molecule has 0 aliphatic carbocycles. The second kappa shape index (κ2) is 8.14. The van der Waals surface area contributed by atoms with Crippen molar-refractivity contribution < 1.29 is 14.5 Å². The summed E-state index contributed by atoms with van der Waals surface area (Å²) in [5, 5.41) is 12.2. The third-order valence-electron chi connectivity index (χ3n) is 7.43. The molecule has 5 rings (SSSR count). The van der Waals surface area contributed by atoms with Crippen LogP contribution in [0.25, 0.3) is 10.9 Å². The zero-order valence-electron chi connectivity index (χ0n) is 18.7. The Bertz CT molecular complexity index is 1250. The van der Waals surface area contributed by atoms with Gasteiger partial charge in [-0.1, -0.05) is 38.0 Å². The van der Waals surface area contributed by atoms with Crippen molar-refractivity contribution in [3.8, 4) is 0 Å². The first-order valence-corrected chi connectivity index (χ1v) is 11.7. The van der Waals surface area contributed by atoms with Crippen LogP contribution in [-0.2, 0) is 16.8 Å². The third-order valence-corrected chi connectivity index (χ3v) is 7.43. The Morgan fingerprint density at radius 2 is 1.94 bits per heavy atom. The highest BCUT2D eigenvalue weighted by atomic mass is 16.6. The largest absolute Gasteiger partial charge is 0.356 e. The number of non-ortho nitro benzene ring substituents is 1. The van der Waals surface area contributed by atoms with E-state index in [2.05, 4.69) is 18.0 Å². The lowest BCUT2D eigenvalue weighted by molar-refractivity contribution is -0.384. The van der Waals surface area contributed by atoms with E-state index in [1.165, 1.54) is 17.7 Å². The van der Waals surface area contributed by atoms with E-state index in [1.54, 1.807) is 12.1 Å². The summed E-state index contributed by atoms with van der Waals surface area (Å²) in [6.07, 6.45) is 4.13. The van der Waals surface area contributed by atoms with Crippen LogP contribution < -0.4 is 0 Å². The van der Waals surface area contributed by atoms with Gasteiger partial charge in [-0.3, -0.25) is 19.7 Å². The Kier molecular flexibility index (Phi) is 5.27. The number of H-pyrrole nitrogens is 1. The topological polar surface area (TPSA) is 96.3 Å². The predicted octanol–water partition coefficient (Wildman–Crippen LogP) is 5.14.